The number of aromatic hydroxyl groups is 3. The third kappa shape index (κ3) is 7.05. The van der Waals surface area contributed by atoms with Crippen molar-refractivity contribution in [2.75, 3.05) is 26.2 Å². The van der Waals surface area contributed by atoms with Crippen LogP contribution in [-0.2, 0) is 50.8 Å². The van der Waals surface area contributed by atoms with Crippen LogP contribution in [0.15, 0.2) is 65.5 Å². The molecule has 0 aliphatic carbocycles. The summed E-state index contributed by atoms with van der Waals surface area (Å²) in [6.07, 6.45) is -0.0389. The molecule has 3 aliphatic rings. The van der Waals surface area contributed by atoms with Gasteiger partial charge in [-0.2, -0.15) is 0 Å². The summed E-state index contributed by atoms with van der Waals surface area (Å²) in [6, 6.07) is 17.0. The molecule has 330 valence electrons. The molecule has 0 radical (unpaired) electrons. The second kappa shape index (κ2) is 16.1. The third-order valence-electron chi connectivity index (χ3n) is 12.5. The maximum Gasteiger partial charge on any atom is 0.411 e. The number of piperazine rings is 1. The van der Waals surface area contributed by atoms with Gasteiger partial charge in [0.25, 0.3) is 5.56 Å². The molecule has 6 heterocycles. The van der Waals surface area contributed by atoms with Gasteiger partial charge < -0.3 is 39.0 Å². The number of benzene rings is 3. The molecule has 1 fully saturated rings. The van der Waals surface area contributed by atoms with Crippen molar-refractivity contribution in [2.45, 2.75) is 78.7 Å². The number of fused-ring (bicyclic) bond motifs is 5. The van der Waals surface area contributed by atoms with Gasteiger partial charge in [0.2, 0.25) is 5.60 Å². The molecule has 1 atom stereocenters. The number of carbonyl (C=O) groups is 3. The van der Waals surface area contributed by atoms with Crippen molar-refractivity contribution < 1.29 is 43.9 Å². The Kier molecular flexibility index (Phi) is 10.6. The van der Waals surface area contributed by atoms with Gasteiger partial charge in [-0.15, -0.1) is 5.10 Å². The van der Waals surface area contributed by atoms with E-state index in [0.29, 0.717) is 84.2 Å². The van der Waals surface area contributed by atoms with Gasteiger partial charge in [0.1, 0.15) is 23.9 Å². The standard InChI is InChI=1S/C47H47N7O10/c1-6-30-32-18-29(63-26(5)55)12-13-37(32)48-41-34(30)23-53-38(41)20-36-35(43(53)58)24-62-44(59)47(36,7-2)64-46(61)52-16-14-51(15-17-52)22-27-8-10-28(11-9-27)54-42(49-50-45(54)60)33-19-31(25(3)4)39(56)21-40(33)57/h8-13,18-21,25,56-57H,6-7,14-17,22-24H2,1-5H3,(H,50,60). The van der Waals surface area contributed by atoms with Gasteiger partial charge in [-0.3, -0.25) is 14.5 Å². The van der Waals surface area contributed by atoms with Gasteiger partial charge in [-0.05, 0) is 77.9 Å². The van der Waals surface area contributed by atoms with Gasteiger partial charge in [0.05, 0.1) is 40.3 Å². The van der Waals surface area contributed by atoms with Crippen LogP contribution in [0.2, 0.25) is 0 Å². The molecule has 1 saturated heterocycles. The summed E-state index contributed by atoms with van der Waals surface area (Å²) in [5.41, 5.74) is 4.36. The van der Waals surface area contributed by atoms with E-state index in [-0.39, 0.29) is 59.9 Å². The zero-order valence-corrected chi connectivity index (χ0v) is 36.0. The molecular weight excluding hydrogens is 823 g/mol. The van der Waals surface area contributed by atoms with Crippen LogP contribution in [0.5, 0.6) is 23.3 Å². The fourth-order valence-electron chi connectivity index (χ4n) is 9.17. The van der Waals surface area contributed by atoms with Crippen molar-refractivity contribution in [3.8, 4) is 51.7 Å². The molecule has 1 amide bonds. The van der Waals surface area contributed by atoms with E-state index in [4.69, 9.17) is 19.2 Å². The maximum atomic E-state index is 14.2. The fraction of sp³-hybridized carbons (Fsp3) is 0.340. The average molecular weight is 870 g/mol. The number of hydrogen-bond acceptors (Lipinski definition) is 14. The molecule has 17 heteroatoms. The van der Waals surface area contributed by atoms with Gasteiger partial charge in [0.15, 0.2) is 5.82 Å². The van der Waals surface area contributed by atoms with Crippen LogP contribution in [0.3, 0.4) is 0 Å². The minimum atomic E-state index is -1.86. The zero-order chi connectivity index (χ0) is 45.2. The number of aryl methyl sites for hydroxylation is 1. The third-order valence-corrected chi connectivity index (χ3v) is 12.5. The van der Waals surface area contributed by atoms with E-state index in [2.05, 4.69) is 15.1 Å². The SMILES string of the molecule is CCc1c2c(nc3ccc(OC(C)=O)cc13)-c1cc3c(c(=O)n1C2)COC(=O)C3(CC)OC(=O)N1CCN(Cc2ccc(-n3c(O)nnc3-c3cc(C(C)C)c(O)cc3O)cc2)CC1. The molecule has 64 heavy (non-hydrogen) atoms. The molecule has 0 spiro atoms. The molecule has 6 aromatic rings. The lowest BCUT2D eigenvalue weighted by Crippen LogP contribution is -2.53. The first-order valence-corrected chi connectivity index (χ1v) is 21.3. The second-order valence-electron chi connectivity index (χ2n) is 16.7. The topological polar surface area (TPSA) is 212 Å². The highest BCUT2D eigenvalue weighted by Gasteiger charge is 2.51. The summed E-state index contributed by atoms with van der Waals surface area (Å²) in [5.74, 6) is -0.850. The molecule has 17 nitrogen and oxygen atoms in total. The Morgan fingerprint density at radius 1 is 0.906 bits per heavy atom. The average Bonchev–Trinajstić information content (AvgIpc) is 3.84. The number of cyclic esters (lactones) is 1. The van der Waals surface area contributed by atoms with Crippen molar-refractivity contribution in [3.05, 3.63) is 104 Å². The molecule has 9 rings (SSSR count). The quantitative estimate of drug-likeness (QED) is 0.112. The molecule has 0 saturated carbocycles. The minimum absolute atomic E-state index is 0.0318. The Bertz CT molecular complexity index is 2950. The van der Waals surface area contributed by atoms with E-state index < -0.39 is 23.6 Å². The predicted octanol–water partition coefficient (Wildman–Crippen LogP) is 6.02. The fourth-order valence-corrected chi connectivity index (χ4v) is 9.17. The Hall–Kier alpha value is -7.27. The number of hydrogen-bond donors (Lipinski definition) is 3. The number of carbonyl (C=O) groups excluding carboxylic acids is 3. The first kappa shape index (κ1) is 42.1. The summed E-state index contributed by atoms with van der Waals surface area (Å²) in [5, 5.41) is 40.5. The van der Waals surface area contributed by atoms with E-state index in [0.717, 1.165) is 22.1 Å². The van der Waals surface area contributed by atoms with Crippen LogP contribution in [0.25, 0.3) is 39.4 Å². The van der Waals surface area contributed by atoms with Gasteiger partial charge in [-0.25, -0.2) is 19.1 Å². The summed E-state index contributed by atoms with van der Waals surface area (Å²) in [7, 11) is 0. The summed E-state index contributed by atoms with van der Waals surface area (Å²) in [6.45, 7) is 11.1. The van der Waals surface area contributed by atoms with E-state index in [1.807, 2.05) is 45.0 Å². The van der Waals surface area contributed by atoms with Crippen molar-refractivity contribution in [3.63, 3.8) is 0 Å². The van der Waals surface area contributed by atoms with Crippen LogP contribution in [0, 0.1) is 0 Å². The first-order chi connectivity index (χ1) is 30.7. The summed E-state index contributed by atoms with van der Waals surface area (Å²) in [4.78, 5) is 62.4. The van der Waals surface area contributed by atoms with Crippen molar-refractivity contribution in [1.82, 2.24) is 34.1 Å². The first-order valence-electron chi connectivity index (χ1n) is 21.3. The normalized spacial score (nSPS) is 17.0. The predicted molar refractivity (Wildman–Crippen MR) is 232 cm³/mol. The number of esters is 2. The van der Waals surface area contributed by atoms with Crippen LogP contribution in [-0.4, -0.2) is 93.6 Å². The summed E-state index contributed by atoms with van der Waals surface area (Å²) < 4.78 is 20.2. The Balaban J connectivity index is 0.912. The van der Waals surface area contributed by atoms with E-state index >= 15 is 0 Å². The van der Waals surface area contributed by atoms with Crippen LogP contribution in [0.4, 0.5) is 4.79 Å². The number of aromatic nitrogens is 5. The van der Waals surface area contributed by atoms with Crippen LogP contribution in [0.1, 0.15) is 80.3 Å². The van der Waals surface area contributed by atoms with Gasteiger partial charge in [-0.1, -0.05) is 44.9 Å². The number of pyridine rings is 2. The van der Waals surface area contributed by atoms with Crippen LogP contribution < -0.4 is 10.3 Å². The van der Waals surface area contributed by atoms with Gasteiger partial charge in [0, 0.05) is 62.2 Å². The minimum Gasteiger partial charge on any atom is -0.508 e. The Labute approximate surface area is 367 Å². The van der Waals surface area contributed by atoms with E-state index in [9.17, 15) is 34.5 Å². The number of phenolic OH excluding ortho intramolecular Hbond substituents is 2. The lowest BCUT2D eigenvalue weighted by atomic mass is 9.85. The monoisotopic (exact) mass is 869 g/mol. The smallest absolute Gasteiger partial charge is 0.411 e. The van der Waals surface area contributed by atoms with E-state index in [1.165, 1.54) is 17.6 Å². The number of ether oxygens (including phenoxy) is 3. The van der Waals surface area contributed by atoms with Crippen LogP contribution >= 0.6 is 0 Å². The molecule has 3 aromatic carbocycles. The van der Waals surface area contributed by atoms with Gasteiger partial charge >= 0.3 is 24.0 Å². The largest absolute Gasteiger partial charge is 0.508 e. The van der Waals surface area contributed by atoms with Crippen molar-refractivity contribution in [1.29, 1.82) is 0 Å². The Morgan fingerprint density at radius 2 is 1.66 bits per heavy atom. The number of amides is 1. The molecule has 1 unspecified atom stereocenters. The lowest BCUT2D eigenvalue weighted by Gasteiger charge is -2.39. The maximum absolute atomic E-state index is 14.2. The number of nitrogens with zero attached hydrogens (tertiary/aromatic N) is 7. The van der Waals surface area contributed by atoms with E-state index in [1.54, 1.807) is 46.7 Å². The van der Waals surface area contributed by atoms with Crippen molar-refractivity contribution >= 4 is 28.9 Å². The second-order valence-corrected chi connectivity index (χ2v) is 16.7. The molecular formula is C47H47N7O10. The Morgan fingerprint density at radius 3 is 2.34 bits per heavy atom. The zero-order valence-electron chi connectivity index (χ0n) is 36.0. The summed E-state index contributed by atoms with van der Waals surface area (Å²) >= 11 is 0. The highest BCUT2D eigenvalue weighted by atomic mass is 16.6. The number of phenols is 2. The molecule has 3 N–H and O–H groups in total. The molecule has 3 aromatic heterocycles. The molecule has 3 aliphatic heterocycles. The lowest BCUT2D eigenvalue weighted by molar-refractivity contribution is -0.173. The highest BCUT2D eigenvalue weighted by Crippen LogP contribution is 2.43. The highest BCUT2D eigenvalue weighted by molar-refractivity contribution is 5.91. The van der Waals surface area contributed by atoms with Crippen molar-refractivity contribution in [2.24, 2.45) is 0 Å². The molecule has 0 bridgehead atoms. The number of rotatable bonds is 9.